The highest BCUT2D eigenvalue weighted by Crippen LogP contribution is 2.50. The van der Waals surface area contributed by atoms with E-state index in [2.05, 4.69) is 39.7 Å². The van der Waals surface area contributed by atoms with Crippen molar-refractivity contribution >= 4 is 17.3 Å². The number of ether oxygens (including phenoxy) is 1. The van der Waals surface area contributed by atoms with E-state index in [4.69, 9.17) is 4.74 Å². The normalized spacial score (nSPS) is 15.8. The van der Waals surface area contributed by atoms with E-state index >= 15 is 0 Å². The number of nitrogens with one attached hydrogen (secondary N) is 2. The Morgan fingerprint density at radius 2 is 2.04 bits per heavy atom. The van der Waals surface area contributed by atoms with Gasteiger partial charge < -0.3 is 15.4 Å². The van der Waals surface area contributed by atoms with Crippen LogP contribution >= 0.6 is 11.3 Å². The van der Waals surface area contributed by atoms with Gasteiger partial charge >= 0.3 is 0 Å². The molecule has 1 aromatic carbocycles. The van der Waals surface area contributed by atoms with Crippen LogP contribution < -0.4 is 15.4 Å². The number of hydrogen-bond acceptors (Lipinski definition) is 4. The second-order valence-corrected chi connectivity index (χ2v) is 7.79. The summed E-state index contributed by atoms with van der Waals surface area (Å²) in [6.07, 6.45) is 2.34. The van der Waals surface area contributed by atoms with Crippen LogP contribution in [0.4, 0.5) is 0 Å². The van der Waals surface area contributed by atoms with Crippen LogP contribution in [0.2, 0.25) is 0 Å². The lowest BCUT2D eigenvalue weighted by molar-refractivity contribution is 0.403. The number of aromatic nitrogens is 1. The summed E-state index contributed by atoms with van der Waals surface area (Å²) in [4.78, 5) is 10.1. The van der Waals surface area contributed by atoms with Crippen LogP contribution in [0.15, 0.2) is 29.3 Å². The molecule has 0 spiro atoms. The van der Waals surface area contributed by atoms with E-state index in [0.717, 1.165) is 35.5 Å². The first-order chi connectivity index (χ1) is 12.1. The Morgan fingerprint density at radius 3 is 2.64 bits per heavy atom. The third-order valence-corrected chi connectivity index (χ3v) is 5.84. The Kier molecular flexibility index (Phi) is 5.27. The Hall–Kier alpha value is -2.08. The van der Waals surface area contributed by atoms with Crippen molar-refractivity contribution in [3.8, 4) is 5.75 Å². The van der Waals surface area contributed by atoms with Crippen molar-refractivity contribution in [2.75, 3.05) is 20.7 Å². The number of nitrogens with zero attached hydrogens (tertiary/aromatic N) is 2. The van der Waals surface area contributed by atoms with Crippen molar-refractivity contribution in [3.63, 3.8) is 0 Å². The number of guanidine groups is 1. The van der Waals surface area contributed by atoms with Crippen molar-refractivity contribution in [2.24, 2.45) is 4.99 Å². The lowest BCUT2D eigenvalue weighted by atomic mass is 9.95. The average Bonchev–Trinajstić information content (AvgIpc) is 3.34. The molecule has 0 aliphatic heterocycles. The van der Waals surface area contributed by atoms with E-state index in [1.807, 2.05) is 26.1 Å². The number of hydrogen-bond donors (Lipinski definition) is 2. The topological polar surface area (TPSA) is 58.5 Å². The predicted octanol–water partition coefficient (Wildman–Crippen LogP) is 3.17. The van der Waals surface area contributed by atoms with Crippen LogP contribution in [-0.2, 0) is 12.0 Å². The molecule has 0 unspecified atom stereocenters. The van der Waals surface area contributed by atoms with Gasteiger partial charge in [-0.2, -0.15) is 0 Å². The smallest absolute Gasteiger partial charge is 0.191 e. The molecule has 2 N–H and O–H groups in total. The van der Waals surface area contributed by atoms with Gasteiger partial charge in [0.05, 0.1) is 24.4 Å². The molecule has 1 aromatic heterocycles. The Balaban J connectivity index is 1.60. The molecule has 0 bridgehead atoms. The minimum Gasteiger partial charge on any atom is -0.496 e. The molecule has 1 heterocycles. The quantitative estimate of drug-likeness (QED) is 0.615. The van der Waals surface area contributed by atoms with Crippen LogP contribution in [0.25, 0.3) is 0 Å². The van der Waals surface area contributed by atoms with Gasteiger partial charge in [0.15, 0.2) is 5.96 Å². The fourth-order valence-electron chi connectivity index (χ4n) is 3.15. The highest BCUT2D eigenvalue weighted by atomic mass is 32.1. The molecule has 1 fully saturated rings. The van der Waals surface area contributed by atoms with Crippen molar-refractivity contribution in [1.29, 1.82) is 0 Å². The number of methoxy groups -OCH3 is 1. The monoisotopic (exact) mass is 358 g/mol. The second kappa shape index (κ2) is 7.44. The summed E-state index contributed by atoms with van der Waals surface area (Å²) in [5, 5.41) is 7.99. The molecule has 2 aromatic rings. The van der Waals surface area contributed by atoms with Crippen LogP contribution in [0, 0.1) is 13.8 Å². The first-order valence-corrected chi connectivity index (χ1v) is 9.40. The molecule has 0 radical (unpaired) electrons. The van der Waals surface area contributed by atoms with Gasteiger partial charge in [0, 0.05) is 29.4 Å². The molecule has 0 atom stereocenters. The van der Waals surface area contributed by atoms with E-state index in [1.165, 1.54) is 23.3 Å². The average molecular weight is 359 g/mol. The third-order valence-electron chi connectivity index (χ3n) is 4.77. The summed E-state index contributed by atoms with van der Waals surface area (Å²) in [5.74, 6) is 1.80. The van der Waals surface area contributed by atoms with Crippen LogP contribution in [0.5, 0.6) is 5.75 Å². The maximum absolute atomic E-state index is 5.55. The minimum absolute atomic E-state index is 0.154. The lowest BCUT2D eigenvalue weighted by Crippen LogP contribution is -2.40. The molecule has 0 amide bonds. The van der Waals surface area contributed by atoms with Crippen LogP contribution in [0.1, 0.15) is 34.0 Å². The molecule has 3 rings (SSSR count). The van der Waals surface area contributed by atoms with E-state index in [0.29, 0.717) is 0 Å². The molecule has 1 aliphatic carbocycles. The summed E-state index contributed by atoms with van der Waals surface area (Å²) in [5.41, 5.74) is 2.54. The SMILES string of the molecule is CN=C(NCc1sc(C)nc1C)NCC1(c2ccccc2OC)CC1. The van der Waals surface area contributed by atoms with Gasteiger partial charge in [0.2, 0.25) is 0 Å². The maximum Gasteiger partial charge on any atom is 0.191 e. The van der Waals surface area contributed by atoms with Gasteiger partial charge in [-0.1, -0.05) is 18.2 Å². The number of para-hydroxylation sites is 1. The summed E-state index contributed by atoms with van der Waals surface area (Å²) >= 11 is 1.73. The largest absolute Gasteiger partial charge is 0.496 e. The van der Waals surface area contributed by atoms with E-state index < -0.39 is 0 Å². The zero-order valence-electron chi connectivity index (χ0n) is 15.3. The van der Waals surface area contributed by atoms with E-state index in [-0.39, 0.29) is 5.41 Å². The molecular weight excluding hydrogens is 332 g/mol. The molecule has 5 nitrogen and oxygen atoms in total. The molecular formula is C19H26N4OS. The molecule has 6 heteroatoms. The maximum atomic E-state index is 5.55. The van der Waals surface area contributed by atoms with E-state index in [1.54, 1.807) is 18.4 Å². The number of benzene rings is 1. The zero-order chi connectivity index (χ0) is 17.9. The lowest BCUT2D eigenvalue weighted by Gasteiger charge is -2.21. The molecule has 134 valence electrons. The van der Waals surface area contributed by atoms with Crippen molar-refractivity contribution in [2.45, 2.75) is 38.6 Å². The van der Waals surface area contributed by atoms with Gasteiger partial charge in [-0.15, -0.1) is 11.3 Å². The first kappa shape index (κ1) is 17.7. The highest BCUT2D eigenvalue weighted by Gasteiger charge is 2.46. The molecule has 0 saturated heterocycles. The molecule has 1 saturated carbocycles. The zero-order valence-corrected chi connectivity index (χ0v) is 16.2. The predicted molar refractivity (Wildman–Crippen MR) is 104 cm³/mol. The molecule has 1 aliphatic rings. The van der Waals surface area contributed by atoms with Gasteiger partial charge in [0.25, 0.3) is 0 Å². The Bertz CT molecular complexity index is 765. The first-order valence-electron chi connectivity index (χ1n) is 8.59. The second-order valence-electron chi connectivity index (χ2n) is 6.50. The summed E-state index contributed by atoms with van der Waals surface area (Å²) < 4.78 is 5.55. The fraction of sp³-hybridized carbons (Fsp3) is 0.474. The van der Waals surface area contributed by atoms with Gasteiger partial charge in [-0.3, -0.25) is 4.99 Å². The third kappa shape index (κ3) is 3.95. The van der Waals surface area contributed by atoms with Crippen molar-refractivity contribution in [3.05, 3.63) is 45.4 Å². The van der Waals surface area contributed by atoms with Crippen LogP contribution in [0.3, 0.4) is 0 Å². The number of aryl methyl sites for hydroxylation is 2. The van der Waals surface area contributed by atoms with E-state index in [9.17, 15) is 0 Å². The van der Waals surface area contributed by atoms with Crippen molar-refractivity contribution < 1.29 is 4.74 Å². The fourth-order valence-corrected chi connectivity index (χ4v) is 4.03. The molecule has 25 heavy (non-hydrogen) atoms. The van der Waals surface area contributed by atoms with Crippen LogP contribution in [-0.4, -0.2) is 31.6 Å². The van der Waals surface area contributed by atoms with Gasteiger partial charge in [-0.05, 0) is 32.8 Å². The van der Waals surface area contributed by atoms with Gasteiger partial charge in [-0.25, -0.2) is 4.98 Å². The van der Waals surface area contributed by atoms with Crippen molar-refractivity contribution in [1.82, 2.24) is 15.6 Å². The minimum atomic E-state index is 0.154. The summed E-state index contributed by atoms with van der Waals surface area (Å²) in [6, 6.07) is 8.32. The Morgan fingerprint density at radius 1 is 1.28 bits per heavy atom. The number of aliphatic imine (C=N–C) groups is 1. The summed E-state index contributed by atoms with van der Waals surface area (Å²) in [7, 11) is 3.55. The number of thiazole rings is 1. The number of rotatable bonds is 6. The van der Waals surface area contributed by atoms with Gasteiger partial charge in [0.1, 0.15) is 5.75 Å². The standard InChI is InChI=1S/C19H26N4OS/c1-13-17(25-14(2)23-13)11-21-18(20-3)22-12-19(9-10-19)15-7-5-6-8-16(15)24-4/h5-8H,9-12H2,1-4H3,(H2,20,21,22). The Labute approximate surface area is 153 Å². The highest BCUT2D eigenvalue weighted by molar-refractivity contribution is 7.11. The summed E-state index contributed by atoms with van der Waals surface area (Å²) in [6.45, 7) is 5.70.